The maximum Gasteiger partial charge on any atom is 0.140 e. The van der Waals surface area contributed by atoms with Gasteiger partial charge in [-0.05, 0) is 12.0 Å². The van der Waals surface area contributed by atoms with Gasteiger partial charge < -0.3 is 5.11 Å². The van der Waals surface area contributed by atoms with Crippen LogP contribution in [-0.2, 0) is 5.60 Å². The molecule has 0 aliphatic carbocycles. The van der Waals surface area contributed by atoms with Crippen LogP contribution < -0.4 is 0 Å². The Bertz CT molecular complexity index is 321. The van der Waals surface area contributed by atoms with Gasteiger partial charge in [-0.15, -0.1) is 0 Å². The number of rotatable bonds is 5. The van der Waals surface area contributed by atoms with Gasteiger partial charge in [-0.25, -0.2) is 4.39 Å². The van der Waals surface area contributed by atoms with Crippen LogP contribution in [0.2, 0.25) is 0 Å². The van der Waals surface area contributed by atoms with E-state index in [1.807, 2.05) is 13.0 Å². The van der Waals surface area contributed by atoms with Crippen molar-refractivity contribution in [3.05, 3.63) is 48.3 Å². The number of unbranched alkanes of at least 4 members (excludes halogenated alkanes) is 1. The fourth-order valence-electron chi connectivity index (χ4n) is 1.58. The van der Waals surface area contributed by atoms with Crippen LogP contribution in [0.5, 0.6) is 0 Å². The molecule has 0 saturated heterocycles. The third kappa shape index (κ3) is 2.66. The Morgan fingerprint density at radius 3 is 2.47 bits per heavy atom. The first kappa shape index (κ1) is 11.9. The molecule has 1 N–H and O–H groups in total. The lowest BCUT2D eigenvalue weighted by Crippen LogP contribution is -2.26. The maximum atomic E-state index is 13.3. The normalized spacial score (nSPS) is 14.6. The Morgan fingerprint density at radius 1 is 1.40 bits per heavy atom. The van der Waals surface area contributed by atoms with Crippen LogP contribution in [0.3, 0.4) is 0 Å². The highest BCUT2D eigenvalue weighted by atomic mass is 19.1. The molecule has 82 valence electrons. The van der Waals surface area contributed by atoms with E-state index >= 15 is 0 Å². The molecule has 15 heavy (non-hydrogen) atoms. The summed E-state index contributed by atoms with van der Waals surface area (Å²) in [6.07, 6.45) is 2.07. The smallest absolute Gasteiger partial charge is 0.140 e. The lowest BCUT2D eigenvalue weighted by Gasteiger charge is -2.26. The van der Waals surface area contributed by atoms with Crippen LogP contribution in [0.15, 0.2) is 42.7 Å². The van der Waals surface area contributed by atoms with Gasteiger partial charge in [-0.1, -0.05) is 56.7 Å². The number of halogens is 1. The summed E-state index contributed by atoms with van der Waals surface area (Å²) in [4.78, 5) is 0. The molecule has 0 fully saturated rings. The molecular weight excluding hydrogens is 191 g/mol. The quantitative estimate of drug-likeness (QED) is 0.784. The number of aliphatic hydroxyl groups is 1. The first-order valence-electron chi connectivity index (χ1n) is 5.24. The van der Waals surface area contributed by atoms with Crippen molar-refractivity contribution in [1.82, 2.24) is 0 Å². The summed E-state index contributed by atoms with van der Waals surface area (Å²) in [6.45, 7) is 5.25. The van der Waals surface area contributed by atoms with Gasteiger partial charge in [0.25, 0.3) is 0 Å². The molecule has 0 spiro atoms. The van der Waals surface area contributed by atoms with Crippen molar-refractivity contribution in [1.29, 1.82) is 0 Å². The minimum absolute atomic E-state index is 0.378. The van der Waals surface area contributed by atoms with E-state index in [9.17, 15) is 9.50 Å². The molecule has 0 aromatic heterocycles. The van der Waals surface area contributed by atoms with Gasteiger partial charge in [-0.3, -0.25) is 0 Å². The minimum Gasteiger partial charge on any atom is -0.378 e. The van der Waals surface area contributed by atoms with E-state index in [-0.39, 0.29) is 0 Å². The standard InChI is InChI=1S/C13H17FO/c1-3-4-10-13(15,11(2)14)12-8-6-5-7-9-12/h5-9,15H,2-4,10H2,1H3. The highest BCUT2D eigenvalue weighted by molar-refractivity contribution is 5.28. The topological polar surface area (TPSA) is 20.2 Å². The van der Waals surface area contributed by atoms with Crippen LogP contribution in [0, 0.1) is 0 Å². The molecule has 2 heteroatoms. The van der Waals surface area contributed by atoms with Gasteiger partial charge in [0.05, 0.1) is 0 Å². The molecule has 0 bridgehead atoms. The Labute approximate surface area is 90.3 Å². The molecular formula is C13H17FO. The maximum absolute atomic E-state index is 13.3. The summed E-state index contributed by atoms with van der Waals surface area (Å²) in [5.41, 5.74) is -0.942. The summed E-state index contributed by atoms with van der Waals surface area (Å²) in [7, 11) is 0. The van der Waals surface area contributed by atoms with Gasteiger partial charge in [0.1, 0.15) is 11.4 Å². The summed E-state index contributed by atoms with van der Waals surface area (Å²) in [5.74, 6) is -0.679. The molecule has 0 radical (unpaired) electrons. The lowest BCUT2D eigenvalue weighted by atomic mass is 9.88. The van der Waals surface area contributed by atoms with Crippen molar-refractivity contribution in [3.63, 3.8) is 0 Å². The Kier molecular flexibility index (Phi) is 4.04. The van der Waals surface area contributed by atoms with E-state index in [1.165, 1.54) is 0 Å². The van der Waals surface area contributed by atoms with Crippen molar-refractivity contribution < 1.29 is 9.50 Å². The Morgan fingerprint density at radius 2 is 2.00 bits per heavy atom. The second kappa shape index (κ2) is 5.08. The van der Waals surface area contributed by atoms with Crippen molar-refractivity contribution in [2.45, 2.75) is 31.8 Å². The van der Waals surface area contributed by atoms with Crippen LogP contribution >= 0.6 is 0 Å². The zero-order valence-electron chi connectivity index (χ0n) is 9.04. The molecule has 1 rings (SSSR count). The minimum atomic E-state index is -1.52. The zero-order chi connectivity index (χ0) is 11.3. The molecule has 0 saturated carbocycles. The molecule has 0 heterocycles. The van der Waals surface area contributed by atoms with E-state index in [0.717, 1.165) is 12.8 Å². The zero-order valence-corrected chi connectivity index (χ0v) is 9.04. The molecule has 1 aromatic carbocycles. The third-order valence-corrected chi connectivity index (χ3v) is 2.59. The fraction of sp³-hybridized carbons (Fsp3) is 0.385. The third-order valence-electron chi connectivity index (χ3n) is 2.59. The van der Waals surface area contributed by atoms with Crippen LogP contribution in [0.1, 0.15) is 31.7 Å². The lowest BCUT2D eigenvalue weighted by molar-refractivity contribution is 0.0414. The summed E-state index contributed by atoms with van der Waals surface area (Å²) < 4.78 is 13.3. The molecule has 1 aromatic rings. The van der Waals surface area contributed by atoms with Crippen molar-refractivity contribution in [3.8, 4) is 0 Å². The van der Waals surface area contributed by atoms with Gasteiger partial charge in [-0.2, -0.15) is 0 Å². The van der Waals surface area contributed by atoms with Crippen LogP contribution in [0.4, 0.5) is 4.39 Å². The van der Waals surface area contributed by atoms with Gasteiger partial charge in [0, 0.05) is 0 Å². The first-order valence-corrected chi connectivity index (χ1v) is 5.24. The summed E-state index contributed by atoms with van der Waals surface area (Å²) in [6, 6.07) is 8.86. The molecule has 0 aliphatic rings. The predicted octanol–water partition coefficient (Wildman–Crippen LogP) is 3.55. The highest BCUT2D eigenvalue weighted by Crippen LogP contribution is 2.34. The fourth-order valence-corrected chi connectivity index (χ4v) is 1.58. The van der Waals surface area contributed by atoms with E-state index in [4.69, 9.17) is 0 Å². The predicted molar refractivity (Wildman–Crippen MR) is 60.1 cm³/mol. The van der Waals surface area contributed by atoms with Crippen LogP contribution in [0.25, 0.3) is 0 Å². The van der Waals surface area contributed by atoms with E-state index in [1.54, 1.807) is 24.3 Å². The van der Waals surface area contributed by atoms with Gasteiger partial charge in [0.15, 0.2) is 0 Å². The highest BCUT2D eigenvalue weighted by Gasteiger charge is 2.32. The Hall–Kier alpha value is -1.15. The van der Waals surface area contributed by atoms with Gasteiger partial charge >= 0.3 is 0 Å². The van der Waals surface area contributed by atoms with E-state index in [0.29, 0.717) is 12.0 Å². The Balaban J connectivity index is 2.96. The first-order chi connectivity index (χ1) is 7.11. The number of hydrogen-bond acceptors (Lipinski definition) is 1. The number of hydrogen-bond donors (Lipinski definition) is 1. The van der Waals surface area contributed by atoms with Crippen LogP contribution in [-0.4, -0.2) is 5.11 Å². The largest absolute Gasteiger partial charge is 0.378 e. The van der Waals surface area contributed by atoms with Crippen molar-refractivity contribution in [2.75, 3.05) is 0 Å². The van der Waals surface area contributed by atoms with Gasteiger partial charge in [0.2, 0.25) is 0 Å². The molecule has 0 amide bonds. The molecule has 1 atom stereocenters. The SMILES string of the molecule is C=C(F)C(O)(CCCC)c1ccccc1. The summed E-state index contributed by atoms with van der Waals surface area (Å²) in [5, 5.41) is 10.2. The summed E-state index contributed by atoms with van der Waals surface area (Å²) >= 11 is 0. The van der Waals surface area contributed by atoms with E-state index in [2.05, 4.69) is 6.58 Å². The average Bonchev–Trinajstić information content (AvgIpc) is 2.27. The molecule has 1 nitrogen and oxygen atoms in total. The monoisotopic (exact) mass is 208 g/mol. The van der Waals surface area contributed by atoms with Crippen molar-refractivity contribution in [2.24, 2.45) is 0 Å². The second-order valence-electron chi connectivity index (χ2n) is 3.73. The second-order valence-corrected chi connectivity index (χ2v) is 3.73. The van der Waals surface area contributed by atoms with Crippen molar-refractivity contribution >= 4 is 0 Å². The average molecular weight is 208 g/mol. The number of benzene rings is 1. The molecule has 1 unspecified atom stereocenters. The van der Waals surface area contributed by atoms with E-state index < -0.39 is 11.4 Å². The molecule has 0 aliphatic heterocycles.